The number of aryl methyl sites for hydroxylation is 2. The van der Waals surface area contributed by atoms with Gasteiger partial charge in [-0.1, -0.05) is 12.8 Å². The first-order valence-electron chi connectivity index (χ1n) is 6.64. The number of hydrogen-bond donors (Lipinski definition) is 1. The maximum Gasteiger partial charge on any atom is 0.191 e. The van der Waals surface area contributed by atoms with E-state index >= 15 is 0 Å². The van der Waals surface area contributed by atoms with Crippen LogP contribution in [0.1, 0.15) is 41.3 Å². The molecular weight excluding hydrogens is 244 g/mol. The molecule has 4 nitrogen and oxygen atoms in total. The lowest BCUT2D eigenvalue weighted by Gasteiger charge is -2.20. The van der Waals surface area contributed by atoms with E-state index in [9.17, 15) is 0 Å². The fraction of sp³-hybridized carbons (Fsp3) is 0.692. The molecule has 0 aromatic carbocycles. The first kappa shape index (κ1) is 13.3. The Morgan fingerprint density at radius 3 is 2.50 bits per heavy atom. The summed E-state index contributed by atoms with van der Waals surface area (Å²) in [7, 11) is 0. The van der Waals surface area contributed by atoms with Gasteiger partial charge in [-0.3, -0.25) is 0 Å². The monoisotopic (exact) mass is 266 g/mol. The summed E-state index contributed by atoms with van der Waals surface area (Å²) in [4.78, 5) is 12.4. The molecule has 18 heavy (non-hydrogen) atoms. The maximum atomic E-state index is 6.07. The Bertz CT molecular complexity index is 417. The van der Waals surface area contributed by atoms with Gasteiger partial charge in [0.15, 0.2) is 5.96 Å². The van der Waals surface area contributed by atoms with E-state index < -0.39 is 0 Å². The Balaban J connectivity index is 1.97. The standard InChI is InChI=1S/C13H22N4S/c1-10-12(16-11(2)18-10)9-15-13(14)17-7-5-3-4-6-8-17/h3-9H2,1-2H3,(H2,14,15). The molecular formula is C13H22N4S. The van der Waals surface area contributed by atoms with Crippen LogP contribution in [0, 0.1) is 13.8 Å². The van der Waals surface area contributed by atoms with Crippen molar-refractivity contribution in [2.45, 2.75) is 46.1 Å². The number of aromatic nitrogens is 1. The average Bonchev–Trinajstić information content (AvgIpc) is 2.59. The molecule has 1 aromatic rings. The molecule has 0 saturated carbocycles. The first-order valence-corrected chi connectivity index (χ1v) is 7.46. The second-order valence-corrected chi connectivity index (χ2v) is 6.22. The normalized spacial score (nSPS) is 17.9. The molecule has 1 aromatic heterocycles. The predicted molar refractivity (Wildman–Crippen MR) is 77.0 cm³/mol. The maximum absolute atomic E-state index is 6.07. The van der Waals surface area contributed by atoms with Gasteiger partial charge in [-0.15, -0.1) is 11.3 Å². The summed E-state index contributed by atoms with van der Waals surface area (Å²) < 4.78 is 0. The Morgan fingerprint density at radius 2 is 1.94 bits per heavy atom. The van der Waals surface area contributed by atoms with Gasteiger partial charge >= 0.3 is 0 Å². The van der Waals surface area contributed by atoms with Gasteiger partial charge in [-0.25, -0.2) is 9.98 Å². The van der Waals surface area contributed by atoms with Crippen LogP contribution in [0.25, 0.3) is 0 Å². The van der Waals surface area contributed by atoms with Gasteiger partial charge in [0.05, 0.1) is 17.2 Å². The third-order valence-corrected chi connectivity index (χ3v) is 4.25. The SMILES string of the molecule is Cc1nc(CN=C(N)N2CCCCCC2)c(C)s1. The van der Waals surface area contributed by atoms with Crippen molar-refractivity contribution in [2.75, 3.05) is 13.1 Å². The lowest BCUT2D eigenvalue weighted by atomic mass is 10.2. The van der Waals surface area contributed by atoms with E-state index in [2.05, 4.69) is 21.8 Å². The van der Waals surface area contributed by atoms with Gasteiger partial charge < -0.3 is 10.6 Å². The Morgan fingerprint density at radius 1 is 1.28 bits per heavy atom. The van der Waals surface area contributed by atoms with E-state index in [1.54, 1.807) is 11.3 Å². The minimum Gasteiger partial charge on any atom is -0.370 e. The van der Waals surface area contributed by atoms with Crippen LogP contribution in [0.5, 0.6) is 0 Å². The second-order valence-electron chi connectivity index (χ2n) is 4.81. The van der Waals surface area contributed by atoms with Crippen LogP contribution < -0.4 is 5.73 Å². The van der Waals surface area contributed by atoms with Gasteiger partial charge in [0, 0.05) is 18.0 Å². The number of likely N-dealkylation sites (tertiary alicyclic amines) is 1. The molecule has 1 fully saturated rings. The van der Waals surface area contributed by atoms with Crippen molar-refractivity contribution in [3.8, 4) is 0 Å². The van der Waals surface area contributed by atoms with Crippen LogP contribution in [0.3, 0.4) is 0 Å². The topological polar surface area (TPSA) is 54.5 Å². The summed E-state index contributed by atoms with van der Waals surface area (Å²) in [5.41, 5.74) is 7.14. The molecule has 0 radical (unpaired) electrons. The van der Waals surface area contributed by atoms with E-state index in [4.69, 9.17) is 5.73 Å². The summed E-state index contributed by atoms with van der Waals surface area (Å²) in [5, 5.41) is 1.10. The van der Waals surface area contributed by atoms with E-state index in [-0.39, 0.29) is 0 Å². The molecule has 0 aliphatic carbocycles. The molecule has 2 heterocycles. The third-order valence-electron chi connectivity index (χ3n) is 3.32. The van der Waals surface area contributed by atoms with Crippen LogP contribution in [0.2, 0.25) is 0 Å². The van der Waals surface area contributed by atoms with E-state index in [0.717, 1.165) is 23.8 Å². The van der Waals surface area contributed by atoms with Gasteiger partial charge in [-0.2, -0.15) is 0 Å². The van der Waals surface area contributed by atoms with Crippen molar-refractivity contribution < 1.29 is 0 Å². The highest BCUT2D eigenvalue weighted by Crippen LogP contribution is 2.17. The van der Waals surface area contributed by atoms with Gasteiger partial charge in [0.25, 0.3) is 0 Å². The molecule has 2 N–H and O–H groups in total. The highest BCUT2D eigenvalue weighted by atomic mass is 32.1. The number of thiazole rings is 1. The molecule has 1 saturated heterocycles. The zero-order chi connectivity index (χ0) is 13.0. The van der Waals surface area contributed by atoms with Gasteiger partial charge in [0.1, 0.15) is 0 Å². The fourth-order valence-corrected chi connectivity index (χ4v) is 3.10. The average molecular weight is 266 g/mol. The van der Waals surface area contributed by atoms with E-state index in [1.807, 2.05) is 6.92 Å². The van der Waals surface area contributed by atoms with Crippen LogP contribution in [-0.4, -0.2) is 28.9 Å². The predicted octanol–water partition coefficient (Wildman–Crippen LogP) is 2.45. The molecule has 0 bridgehead atoms. The largest absolute Gasteiger partial charge is 0.370 e. The lowest BCUT2D eigenvalue weighted by molar-refractivity contribution is 0.428. The minimum atomic E-state index is 0.610. The number of nitrogens with two attached hydrogens (primary N) is 1. The first-order chi connectivity index (χ1) is 8.66. The number of nitrogens with zero attached hydrogens (tertiary/aromatic N) is 3. The Hall–Kier alpha value is -1.10. The molecule has 0 atom stereocenters. The van der Waals surface area contributed by atoms with Crippen LogP contribution >= 0.6 is 11.3 Å². The zero-order valence-corrected chi connectivity index (χ0v) is 12.1. The van der Waals surface area contributed by atoms with Crippen LogP contribution in [-0.2, 0) is 6.54 Å². The lowest BCUT2D eigenvalue weighted by Crippen LogP contribution is -2.38. The molecule has 0 amide bonds. The fourth-order valence-electron chi connectivity index (χ4n) is 2.27. The molecule has 1 aliphatic heterocycles. The Kier molecular flexibility index (Phi) is 4.58. The summed E-state index contributed by atoms with van der Waals surface area (Å²) in [5.74, 6) is 0.682. The van der Waals surface area contributed by atoms with E-state index in [0.29, 0.717) is 12.5 Å². The third kappa shape index (κ3) is 3.45. The molecule has 1 aliphatic rings. The molecule has 0 unspecified atom stereocenters. The molecule has 5 heteroatoms. The molecule has 0 spiro atoms. The smallest absolute Gasteiger partial charge is 0.191 e. The van der Waals surface area contributed by atoms with Crippen molar-refractivity contribution in [3.05, 3.63) is 15.6 Å². The summed E-state index contributed by atoms with van der Waals surface area (Å²) >= 11 is 1.73. The second kappa shape index (κ2) is 6.18. The molecule has 100 valence electrons. The summed E-state index contributed by atoms with van der Waals surface area (Å²) in [6.07, 6.45) is 5.08. The van der Waals surface area contributed by atoms with Crippen LogP contribution in [0.15, 0.2) is 4.99 Å². The zero-order valence-electron chi connectivity index (χ0n) is 11.3. The van der Waals surface area contributed by atoms with Crippen molar-refractivity contribution >= 4 is 17.3 Å². The van der Waals surface area contributed by atoms with Crippen molar-refractivity contribution in [2.24, 2.45) is 10.7 Å². The number of guanidine groups is 1. The number of aliphatic imine (C=N–C) groups is 1. The van der Waals surface area contributed by atoms with Gasteiger partial charge in [0.2, 0.25) is 0 Å². The van der Waals surface area contributed by atoms with Crippen molar-refractivity contribution in [1.29, 1.82) is 0 Å². The van der Waals surface area contributed by atoms with E-state index in [1.165, 1.54) is 30.6 Å². The highest BCUT2D eigenvalue weighted by Gasteiger charge is 2.11. The highest BCUT2D eigenvalue weighted by molar-refractivity contribution is 7.11. The number of hydrogen-bond acceptors (Lipinski definition) is 3. The quantitative estimate of drug-likeness (QED) is 0.661. The molecule has 2 rings (SSSR count). The van der Waals surface area contributed by atoms with Crippen LogP contribution in [0.4, 0.5) is 0 Å². The number of rotatable bonds is 2. The Labute approximate surface area is 113 Å². The van der Waals surface area contributed by atoms with Gasteiger partial charge in [-0.05, 0) is 26.7 Å². The summed E-state index contributed by atoms with van der Waals surface area (Å²) in [6, 6.07) is 0. The minimum absolute atomic E-state index is 0.610. The van der Waals surface area contributed by atoms with Crippen molar-refractivity contribution in [3.63, 3.8) is 0 Å². The summed E-state index contributed by atoms with van der Waals surface area (Å²) in [6.45, 7) is 6.83. The van der Waals surface area contributed by atoms with Crippen molar-refractivity contribution in [1.82, 2.24) is 9.88 Å².